The standard InChI is InChI=1S/C14H17N3O2S/c1-3-11(2)12-5-7-13(8-6-12)20(18,19)17-14-15-9-4-10-16-14/h4-11H,3H2,1-2H3,(H,15,16,17)/t11-/m1/s1. The summed E-state index contributed by atoms with van der Waals surface area (Å²) in [6, 6.07) is 8.52. The second-order valence-corrected chi connectivity index (χ2v) is 6.24. The molecule has 0 saturated carbocycles. The van der Waals surface area contributed by atoms with Gasteiger partial charge in [0.25, 0.3) is 10.0 Å². The lowest BCUT2D eigenvalue weighted by molar-refractivity contribution is 0.600. The molecule has 0 aliphatic rings. The highest BCUT2D eigenvalue weighted by molar-refractivity contribution is 7.92. The zero-order chi connectivity index (χ0) is 14.6. The summed E-state index contributed by atoms with van der Waals surface area (Å²) in [7, 11) is -3.64. The minimum absolute atomic E-state index is 0.0681. The fourth-order valence-corrected chi connectivity index (χ4v) is 2.70. The number of hydrogen-bond donors (Lipinski definition) is 1. The Hall–Kier alpha value is -1.95. The molecule has 0 aliphatic heterocycles. The van der Waals surface area contributed by atoms with Crippen LogP contribution >= 0.6 is 0 Å². The van der Waals surface area contributed by atoms with Gasteiger partial charge in [-0.2, -0.15) is 0 Å². The lowest BCUT2D eigenvalue weighted by atomic mass is 9.99. The van der Waals surface area contributed by atoms with E-state index in [0.717, 1.165) is 12.0 Å². The van der Waals surface area contributed by atoms with E-state index < -0.39 is 10.0 Å². The van der Waals surface area contributed by atoms with Gasteiger partial charge in [0.1, 0.15) is 0 Å². The molecule has 5 nitrogen and oxygen atoms in total. The van der Waals surface area contributed by atoms with Crippen molar-refractivity contribution in [2.75, 3.05) is 4.72 Å². The number of aromatic nitrogens is 2. The normalized spacial score (nSPS) is 12.9. The van der Waals surface area contributed by atoms with E-state index in [1.807, 2.05) is 12.1 Å². The van der Waals surface area contributed by atoms with Gasteiger partial charge >= 0.3 is 0 Å². The molecule has 0 bridgehead atoms. The van der Waals surface area contributed by atoms with Gasteiger partial charge in [0.05, 0.1) is 4.90 Å². The fourth-order valence-electron chi connectivity index (χ4n) is 1.74. The summed E-state index contributed by atoms with van der Waals surface area (Å²) in [5, 5.41) is 0. The molecule has 0 amide bonds. The molecule has 0 spiro atoms. The van der Waals surface area contributed by atoms with E-state index in [0.29, 0.717) is 5.92 Å². The van der Waals surface area contributed by atoms with Crippen LogP contribution in [0.5, 0.6) is 0 Å². The van der Waals surface area contributed by atoms with Gasteiger partial charge in [0, 0.05) is 12.4 Å². The third-order valence-electron chi connectivity index (χ3n) is 3.16. The van der Waals surface area contributed by atoms with Crippen LogP contribution in [0.1, 0.15) is 31.7 Å². The molecule has 6 heteroatoms. The Morgan fingerprint density at radius 1 is 1.15 bits per heavy atom. The predicted molar refractivity (Wildman–Crippen MR) is 78.0 cm³/mol. The van der Waals surface area contributed by atoms with E-state index in [9.17, 15) is 8.42 Å². The molecule has 1 aromatic heterocycles. The number of nitrogens with one attached hydrogen (secondary N) is 1. The Kier molecular flexibility index (Phi) is 4.34. The molecule has 0 saturated heterocycles. The van der Waals surface area contributed by atoms with Crippen molar-refractivity contribution in [1.82, 2.24) is 9.97 Å². The number of hydrogen-bond acceptors (Lipinski definition) is 4. The fraction of sp³-hybridized carbons (Fsp3) is 0.286. The van der Waals surface area contributed by atoms with Gasteiger partial charge in [-0.05, 0) is 36.1 Å². The Morgan fingerprint density at radius 3 is 2.30 bits per heavy atom. The maximum Gasteiger partial charge on any atom is 0.264 e. The Morgan fingerprint density at radius 2 is 1.75 bits per heavy atom. The van der Waals surface area contributed by atoms with Crippen molar-refractivity contribution in [2.45, 2.75) is 31.1 Å². The van der Waals surface area contributed by atoms with Crippen LogP contribution in [0.4, 0.5) is 5.95 Å². The van der Waals surface area contributed by atoms with Gasteiger partial charge in [-0.25, -0.2) is 23.1 Å². The smallest absolute Gasteiger partial charge is 0.247 e. The topological polar surface area (TPSA) is 72.0 Å². The number of nitrogens with zero attached hydrogens (tertiary/aromatic N) is 2. The molecule has 0 fully saturated rings. The predicted octanol–water partition coefficient (Wildman–Crippen LogP) is 2.79. The Balaban J connectivity index is 2.22. The maximum absolute atomic E-state index is 12.2. The summed E-state index contributed by atoms with van der Waals surface area (Å²) in [6.45, 7) is 4.21. The summed E-state index contributed by atoms with van der Waals surface area (Å²) < 4.78 is 26.7. The summed E-state index contributed by atoms with van der Waals surface area (Å²) >= 11 is 0. The third-order valence-corrected chi connectivity index (χ3v) is 4.51. The lowest BCUT2D eigenvalue weighted by Crippen LogP contribution is -2.14. The average molecular weight is 291 g/mol. The monoisotopic (exact) mass is 291 g/mol. The van der Waals surface area contributed by atoms with Crippen LogP contribution in [0.15, 0.2) is 47.6 Å². The van der Waals surface area contributed by atoms with Crippen molar-refractivity contribution >= 4 is 16.0 Å². The van der Waals surface area contributed by atoms with Gasteiger partial charge in [0.15, 0.2) is 0 Å². The highest BCUT2D eigenvalue weighted by Crippen LogP contribution is 2.21. The first-order valence-corrected chi connectivity index (χ1v) is 7.91. The molecule has 1 heterocycles. The minimum atomic E-state index is -3.64. The number of anilines is 1. The molecule has 2 rings (SSSR count). The van der Waals surface area contributed by atoms with Gasteiger partial charge < -0.3 is 0 Å². The zero-order valence-electron chi connectivity index (χ0n) is 11.4. The highest BCUT2D eigenvalue weighted by atomic mass is 32.2. The second kappa shape index (κ2) is 6.00. The average Bonchev–Trinajstić information content (AvgIpc) is 2.47. The van der Waals surface area contributed by atoms with Gasteiger partial charge in [-0.3, -0.25) is 0 Å². The van der Waals surface area contributed by atoms with E-state index in [-0.39, 0.29) is 10.8 Å². The van der Waals surface area contributed by atoms with Crippen LogP contribution in [-0.4, -0.2) is 18.4 Å². The zero-order valence-corrected chi connectivity index (χ0v) is 12.3. The first-order chi connectivity index (χ1) is 9.53. The SMILES string of the molecule is CC[C@@H](C)c1ccc(S(=O)(=O)Nc2ncccn2)cc1. The molecule has 20 heavy (non-hydrogen) atoms. The van der Waals surface area contributed by atoms with Gasteiger partial charge in [0.2, 0.25) is 5.95 Å². The van der Waals surface area contributed by atoms with Crippen molar-refractivity contribution < 1.29 is 8.42 Å². The first-order valence-electron chi connectivity index (χ1n) is 6.42. The van der Waals surface area contributed by atoms with Crippen LogP contribution in [0, 0.1) is 0 Å². The first kappa shape index (κ1) is 14.5. The van der Waals surface area contributed by atoms with Crippen LogP contribution < -0.4 is 4.72 Å². The summed E-state index contributed by atoms with van der Waals surface area (Å²) in [4.78, 5) is 7.90. The van der Waals surface area contributed by atoms with Crippen molar-refractivity contribution in [2.24, 2.45) is 0 Å². The Bertz CT molecular complexity index is 655. The molecule has 0 aliphatic carbocycles. The molecular formula is C14H17N3O2S. The van der Waals surface area contributed by atoms with E-state index in [4.69, 9.17) is 0 Å². The van der Waals surface area contributed by atoms with Crippen LogP contribution in [-0.2, 0) is 10.0 Å². The largest absolute Gasteiger partial charge is 0.264 e. The van der Waals surface area contributed by atoms with E-state index >= 15 is 0 Å². The summed E-state index contributed by atoms with van der Waals surface area (Å²) in [6.07, 6.45) is 3.98. The van der Waals surface area contributed by atoms with Crippen molar-refractivity contribution in [3.8, 4) is 0 Å². The molecule has 1 atom stereocenters. The van der Waals surface area contributed by atoms with Gasteiger partial charge in [-0.15, -0.1) is 0 Å². The molecule has 1 aromatic carbocycles. The van der Waals surface area contributed by atoms with Crippen molar-refractivity contribution in [1.29, 1.82) is 0 Å². The highest BCUT2D eigenvalue weighted by Gasteiger charge is 2.15. The molecule has 0 unspecified atom stereocenters. The van der Waals surface area contributed by atoms with Crippen molar-refractivity contribution in [3.63, 3.8) is 0 Å². The molecule has 1 N–H and O–H groups in total. The van der Waals surface area contributed by atoms with E-state index in [1.54, 1.807) is 18.2 Å². The summed E-state index contributed by atoms with van der Waals surface area (Å²) in [5.41, 5.74) is 1.13. The molecule has 106 valence electrons. The van der Waals surface area contributed by atoms with Crippen molar-refractivity contribution in [3.05, 3.63) is 48.3 Å². The van der Waals surface area contributed by atoms with E-state index in [2.05, 4.69) is 28.5 Å². The molecular weight excluding hydrogens is 274 g/mol. The maximum atomic E-state index is 12.2. The second-order valence-electron chi connectivity index (χ2n) is 4.56. The van der Waals surface area contributed by atoms with Crippen LogP contribution in [0.2, 0.25) is 0 Å². The number of benzene rings is 1. The molecule has 2 aromatic rings. The lowest BCUT2D eigenvalue weighted by Gasteiger charge is -2.10. The Labute approximate surface area is 119 Å². The van der Waals surface area contributed by atoms with Crippen LogP contribution in [0.3, 0.4) is 0 Å². The summed E-state index contributed by atoms with van der Waals surface area (Å²) in [5.74, 6) is 0.482. The minimum Gasteiger partial charge on any atom is -0.247 e. The number of sulfonamides is 1. The molecule has 0 radical (unpaired) electrons. The number of rotatable bonds is 5. The quantitative estimate of drug-likeness (QED) is 0.919. The van der Waals surface area contributed by atoms with Gasteiger partial charge in [-0.1, -0.05) is 26.0 Å². The van der Waals surface area contributed by atoms with Crippen LogP contribution in [0.25, 0.3) is 0 Å². The van der Waals surface area contributed by atoms with E-state index in [1.165, 1.54) is 12.4 Å². The third kappa shape index (κ3) is 3.33.